The molecule has 0 fully saturated rings. The average Bonchev–Trinajstić information content (AvgIpc) is 2.71. The van der Waals surface area contributed by atoms with Crippen molar-refractivity contribution in [3.63, 3.8) is 0 Å². The SMILES string of the molecule is c1nc2[nH]ncc2c2c1CCO2. The molecule has 60 valence electrons. The number of aromatic nitrogens is 3. The molecule has 1 aliphatic rings. The Morgan fingerprint density at radius 2 is 2.42 bits per heavy atom. The van der Waals surface area contributed by atoms with Gasteiger partial charge in [-0.05, 0) is 0 Å². The topological polar surface area (TPSA) is 50.8 Å². The minimum Gasteiger partial charge on any atom is -0.492 e. The quantitative estimate of drug-likeness (QED) is 0.624. The molecule has 3 rings (SSSR count). The van der Waals surface area contributed by atoms with E-state index < -0.39 is 0 Å². The highest BCUT2D eigenvalue weighted by Crippen LogP contribution is 2.31. The second kappa shape index (κ2) is 1.97. The molecule has 2 aromatic rings. The van der Waals surface area contributed by atoms with Crippen LogP contribution in [-0.4, -0.2) is 21.8 Å². The molecule has 0 radical (unpaired) electrons. The van der Waals surface area contributed by atoms with Crippen molar-refractivity contribution in [2.45, 2.75) is 6.42 Å². The van der Waals surface area contributed by atoms with E-state index in [1.165, 1.54) is 5.56 Å². The first-order chi connectivity index (χ1) is 5.95. The molecule has 0 atom stereocenters. The van der Waals surface area contributed by atoms with Gasteiger partial charge in [0.25, 0.3) is 0 Å². The highest BCUT2D eigenvalue weighted by Gasteiger charge is 2.16. The Hall–Kier alpha value is -1.58. The number of nitrogens with one attached hydrogen (secondary N) is 1. The molecule has 2 aromatic heterocycles. The molecule has 1 N–H and O–H groups in total. The second-order valence-corrected chi connectivity index (χ2v) is 2.84. The van der Waals surface area contributed by atoms with Gasteiger partial charge < -0.3 is 4.74 Å². The van der Waals surface area contributed by atoms with Gasteiger partial charge in [0.15, 0.2) is 5.65 Å². The Kier molecular flexibility index (Phi) is 0.983. The Bertz CT molecular complexity index is 435. The van der Waals surface area contributed by atoms with Gasteiger partial charge in [-0.2, -0.15) is 5.10 Å². The fourth-order valence-corrected chi connectivity index (χ4v) is 1.53. The normalized spacial score (nSPS) is 14.7. The minimum atomic E-state index is 0.765. The number of hydrogen-bond donors (Lipinski definition) is 1. The van der Waals surface area contributed by atoms with E-state index in [2.05, 4.69) is 15.2 Å². The van der Waals surface area contributed by atoms with Crippen LogP contribution in [0.5, 0.6) is 5.75 Å². The van der Waals surface area contributed by atoms with Crippen LogP contribution in [0.15, 0.2) is 12.4 Å². The number of ether oxygens (including phenoxy) is 1. The molecular weight excluding hydrogens is 154 g/mol. The number of hydrogen-bond acceptors (Lipinski definition) is 3. The number of nitrogens with zero attached hydrogens (tertiary/aromatic N) is 2. The molecule has 4 heteroatoms. The highest BCUT2D eigenvalue weighted by atomic mass is 16.5. The third-order valence-corrected chi connectivity index (χ3v) is 2.12. The molecule has 1 aliphatic heterocycles. The summed E-state index contributed by atoms with van der Waals surface area (Å²) in [6.07, 6.45) is 4.57. The van der Waals surface area contributed by atoms with Gasteiger partial charge in [-0.1, -0.05) is 0 Å². The summed E-state index contributed by atoms with van der Waals surface area (Å²) in [4.78, 5) is 4.21. The van der Waals surface area contributed by atoms with Crippen molar-refractivity contribution in [3.05, 3.63) is 18.0 Å². The summed E-state index contributed by atoms with van der Waals surface area (Å²) in [6, 6.07) is 0. The van der Waals surface area contributed by atoms with Crippen LogP contribution in [0.3, 0.4) is 0 Å². The third kappa shape index (κ3) is 0.617. The zero-order valence-electron chi connectivity index (χ0n) is 6.37. The Morgan fingerprint density at radius 1 is 1.42 bits per heavy atom. The molecule has 0 unspecified atom stereocenters. The van der Waals surface area contributed by atoms with E-state index in [0.29, 0.717) is 0 Å². The Labute approximate surface area is 68.6 Å². The monoisotopic (exact) mass is 161 g/mol. The standard InChI is InChI=1S/C8H7N3O/c1-2-12-7-5(1)3-9-8-6(7)4-10-11-8/h3-4H,1-2H2,(H,9,10,11). The zero-order valence-corrected chi connectivity index (χ0v) is 6.37. The summed E-state index contributed by atoms with van der Waals surface area (Å²) < 4.78 is 5.47. The average molecular weight is 161 g/mol. The number of aromatic amines is 1. The highest BCUT2D eigenvalue weighted by molar-refractivity contribution is 5.83. The molecule has 0 bridgehead atoms. The van der Waals surface area contributed by atoms with E-state index in [-0.39, 0.29) is 0 Å². The summed E-state index contributed by atoms with van der Waals surface area (Å²) in [5.74, 6) is 0.953. The van der Waals surface area contributed by atoms with Gasteiger partial charge in [-0.3, -0.25) is 5.10 Å². The fraction of sp³-hybridized carbons (Fsp3) is 0.250. The maximum absolute atomic E-state index is 5.47. The molecular formula is C8H7N3O. The van der Waals surface area contributed by atoms with Crippen LogP contribution in [0, 0.1) is 0 Å². The van der Waals surface area contributed by atoms with Crippen molar-refractivity contribution in [1.29, 1.82) is 0 Å². The van der Waals surface area contributed by atoms with Crippen molar-refractivity contribution in [2.24, 2.45) is 0 Å². The summed E-state index contributed by atoms with van der Waals surface area (Å²) in [7, 11) is 0. The largest absolute Gasteiger partial charge is 0.492 e. The zero-order chi connectivity index (χ0) is 7.97. The molecule has 0 aliphatic carbocycles. The lowest BCUT2D eigenvalue weighted by atomic mass is 10.2. The smallest absolute Gasteiger partial charge is 0.158 e. The van der Waals surface area contributed by atoms with Gasteiger partial charge in [0.1, 0.15) is 5.75 Å². The summed E-state index contributed by atoms with van der Waals surface area (Å²) in [6.45, 7) is 0.765. The van der Waals surface area contributed by atoms with Gasteiger partial charge in [0.05, 0.1) is 18.2 Å². The van der Waals surface area contributed by atoms with Crippen molar-refractivity contribution < 1.29 is 4.74 Å². The summed E-state index contributed by atoms with van der Waals surface area (Å²) in [5.41, 5.74) is 1.99. The summed E-state index contributed by atoms with van der Waals surface area (Å²) >= 11 is 0. The number of rotatable bonds is 0. The first-order valence-electron chi connectivity index (χ1n) is 3.89. The van der Waals surface area contributed by atoms with Gasteiger partial charge >= 0.3 is 0 Å². The molecule has 0 amide bonds. The van der Waals surface area contributed by atoms with Crippen molar-refractivity contribution in [3.8, 4) is 5.75 Å². The predicted molar refractivity (Wildman–Crippen MR) is 43.1 cm³/mol. The van der Waals surface area contributed by atoms with Crippen LogP contribution in [0.1, 0.15) is 5.56 Å². The van der Waals surface area contributed by atoms with Crippen LogP contribution in [0.25, 0.3) is 11.0 Å². The van der Waals surface area contributed by atoms with Gasteiger partial charge in [0.2, 0.25) is 0 Å². The third-order valence-electron chi connectivity index (χ3n) is 2.12. The van der Waals surface area contributed by atoms with E-state index in [0.717, 1.165) is 29.8 Å². The summed E-state index contributed by atoms with van der Waals surface area (Å²) in [5, 5.41) is 7.71. The molecule has 0 spiro atoms. The van der Waals surface area contributed by atoms with E-state index >= 15 is 0 Å². The molecule has 4 nitrogen and oxygen atoms in total. The minimum absolute atomic E-state index is 0.765. The first-order valence-corrected chi connectivity index (χ1v) is 3.89. The predicted octanol–water partition coefficient (Wildman–Crippen LogP) is 0.893. The van der Waals surface area contributed by atoms with Crippen molar-refractivity contribution >= 4 is 11.0 Å². The number of H-pyrrole nitrogens is 1. The maximum Gasteiger partial charge on any atom is 0.158 e. The van der Waals surface area contributed by atoms with Gasteiger partial charge in [-0.15, -0.1) is 0 Å². The van der Waals surface area contributed by atoms with Gasteiger partial charge in [0, 0.05) is 18.2 Å². The lowest BCUT2D eigenvalue weighted by molar-refractivity contribution is 0.360. The van der Waals surface area contributed by atoms with Crippen LogP contribution in [0.4, 0.5) is 0 Å². The first kappa shape index (κ1) is 5.99. The van der Waals surface area contributed by atoms with Crippen LogP contribution in [0.2, 0.25) is 0 Å². The second-order valence-electron chi connectivity index (χ2n) is 2.84. The molecule has 0 aromatic carbocycles. The number of fused-ring (bicyclic) bond motifs is 3. The molecule has 0 saturated heterocycles. The van der Waals surface area contributed by atoms with Crippen molar-refractivity contribution in [1.82, 2.24) is 15.2 Å². The van der Waals surface area contributed by atoms with E-state index in [9.17, 15) is 0 Å². The van der Waals surface area contributed by atoms with E-state index in [4.69, 9.17) is 4.74 Å². The Balaban J connectivity index is 2.46. The lowest BCUT2D eigenvalue weighted by Gasteiger charge is -1.97. The van der Waals surface area contributed by atoms with Crippen LogP contribution >= 0.6 is 0 Å². The molecule has 12 heavy (non-hydrogen) atoms. The number of pyridine rings is 1. The van der Waals surface area contributed by atoms with E-state index in [1.54, 1.807) is 6.20 Å². The van der Waals surface area contributed by atoms with Crippen LogP contribution in [-0.2, 0) is 6.42 Å². The lowest BCUT2D eigenvalue weighted by Crippen LogP contribution is -1.86. The Morgan fingerprint density at radius 3 is 3.42 bits per heavy atom. The van der Waals surface area contributed by atoms with Crippen LogP contribution < -0.4 is 4.74 Å². The maximum atomic E-state index is 5.47. The van der Waals surface area contributed by atoms with E-state index in [1.807, 2.05) is 6.20 Å². The van der Waals surface area contributed by atoms with Gasteiger partial charge in [-0.25, -0.2) is 4.98 Å². The van der Waals surface area contributed by atoms with Crippen molar-refractivity contribution in [2.75, 3.05) is 6.61 Å². The fourth-order valence-electron chi connectivity index (χ4n) is 1.53. The molecule has 0 saturated carbocycles. The molecule has 3 heterocycles.